The van der Waals surface area contributed by atoms with Crippen molar-refractivity contribution < 1.29 is 9.84 Å². The standard InChI is InChI=1S/C20H16O2/c1-13-12-14(10-11-17(13)21)20-15-6-2-4-8-18(15)22-19-9-5-3-7-16(19)20/h2-12,20-21H,1H3. The number of aromatic hydroxyl groups is 1. The maximum Gasteiger partial charge on any atom is 0.131 e. The molecule has 1 aliphatic rings. The normalized spacial score (nSPS) is 13.1. The van der Waals surface area contributed by atoms with E-state index < -0.39 is 0 Å². The van der Waals surface area contributed by atoms with E-state index >= 15 is 0 Å². The zero-order valence-electron chi connectivity index (χ0n) is 12.3. The van der Waals surface area contributed by atoms with Gasteiger partial charge in [-0.1, -0.05) is 48.5 Å². The van der Waals surface area contributed by atoms with Crippen molar-refractivity contribution in [1.82, 2.24) is 0 Å². The van der Waals surface area contributed by atoms with Crippen molar-refractivity contribution >= 4 is 0 Å². The number of phenols is 1. The largest absolute Gasteiger partial charge is 0.508 e. The van der Waals surface area contributed by atoms with Crippen LogP contribution in [0.4, 0.5) is 0 Å². The fraction of sp³-hybridized carbons (Fsp3) is 0.100. The summed E-state index contributed by atoms with van der Waals surface area (Å²) < 4.78 is 6.03. The van der Waals surface area contributed by atoms with Gasteiger partial charge in [-0.2, -0.15) is 0 Å². The van der Waals surface area contributed by atoms with Gasteiger partial charge in [-0.05, 0) is 36.2 Å². The predicted molar refractivity (Wildman–Crippen MR) is 86.7 cm³/mol. The number of aryl methyl sites for hydroxylation is 1. The summed E-state index contributed by atoms with van der Waals surface area (Å²) in [6, 6.07) is 22.1. The lowest BCUT2D eigenvalue weighted by Gasteiger charge is -2.28. The van der Waals surface area contributed by atoms with Gasteiger partial charge >= 0.3 is 0 Å². The molecular formula is C20H16O2. The average Bonchev–Trinajstić information content (AvgIpc) is 2.55. The summed E-state index contributed by atoms with van der Waals surface area (Å²) in [4.78, 5) is 0. The van der Waals surface area contributed by atoms with Crippen LogP contribution >= 0.6 is 0 Å². The Bertz CT molecular complexity index is 806. The molecule has 0 saturated carbocycles. The van der Waals surface area contributed by atoms with E-state index in [2.05, 4.69) is 18.2 Å². The molecule has 1 N–H and O–H groups in total. The molecule has 0 radical (unpaired) electrons. The first-order valence-electron chi connectivity index (χ1n) is 7.39. The minimum Gasteiger partial charge on any atom is -0.508 e. The number of rotatable bonds is 1. The van der Waals surface area contributed by atoms with E-state index in [1.54, 1.807) is 6.07 Å². The minimum absolute atomic E-state index is 0.125. The summed E-state index contributed by atoms with van der Waals surface area (Å²) >= 11 is 0. The Morgan fingerprint density at radius 2 is 1.41 bits per heavy atom. The van der Waals surface area contributed by atoms with Crippen molar-refractivity contribution in [2.75, 3.05) is 0 Å². The van der Waals surface area contributed by atoms with Crippen molar-refractivity contribution in [3.05, 3.63) is 89.0 Å². The number of fused-ring (bicyclic) bond motifs is 2. The Kier molecular flexibility index (Phi) is 2.90. The molecule has 3 aromatic carbocycles. The summed E-state index contributed by atoms with van der Waals surface area (Å²) in [7, 11) is 0. The first-order valence-corrected chi connectivity index (χ1v) is 7.39. The molecule has 108 valence electrons. The highest BCUT2D eigenvalue weighted by Crippen LogP contribution is 2.47. The van der Waals surface area contributed by atoms with Crippen molar-refractivity contribution in [2.45, 2.75) is 12.8 Å². The molecule has 2 nitrogen and oxygen atoms in total. The van der Waals surface area contributed by atoms with Crippen molar-refractivity contribution in [3.63, 3.8) is 0 Å². The molecular weight excluding hydrogens is 272 g/mol. The third-order valence-electron chi connectivity index (χ3n) is 4.23. The summed E-state index contributed by atoms with van der Waals surface area (Å²) in [5.74, 6) is 2.26. The second-order valence-electron chi connectivity index (χ2n) is 5.66. The second-order valence-corrected chi connectivity index (χ2v) is 5.66. The lowest BCUT2D eigenvalue weighted by Crippen LogP contribution is -2.11. The number of benzene rings is 3. The van der Waals surface area contributed by atoms with Crippen molar-refractivity contribution in [1.29, 1.82) is 0 Å². The van der Waals surface area contributed by atoms with E-state index in [9.17, 15) is 5.11 Å². The highest BCUT2D eigenvalue weighted by atomic mass is 16.5. The number of para-hydroxylation sites is 2. The van der Waals surface area contributed by atoms with E-state index in [1.807, 2.05) is 49.4 Å². The number of hydrogen-bond donors (Lipinski definition) is 1. The van der Waals surface area contributed by atoms with Crippen LogP contribution in [0, 0.1) is 6.92 Å². The molecule has 4 rings (SSSR count). The highest BCUT2D eigenvalue weighted by molar-refractivity contribution is 5.58. The Balaban J connectivity index is 1.96. The lowest BCUT2D eigenvalue weighted by molar-refractivity contribution is 0.452. The fourth-order valence-electron chi connectivity index (χ4n) is 3.13. The average molecular weight is 288 g/mol. The maximum atomic E-state index is 9.81. The van der Waals surface area contributed by atoms with Gasteiger partial charge in [0, 0.05) is 17.0 Å². The monoisotopic (exact) mass is 288 g/mol. The van der Waals surface area contributed by atoms with Gasteiger partial charge in [-0.25, -0.2) is 0 Å². The zero-order chi connectivity index (χ0) is 15.1. The molecule has 0 spiro atoms. The number of ether oxygens (including phenoxy) is 1. The Morgan fingerprint density at radius 1 is 0.818 bits per heavy atom. The van der Waals surface area contributed by atoms with Crippen LogP contribution in [0.3, 0.4) is 0 Å². The second kappa shape index (κ2) is 4.92. The SMILES string of the molecule is Cc1cc(C2c3ccccc3Oc3ccccc32)ccc1O. The van der Waals surface area contributed by atoms with Crippen LogP contribution in [0.1, 0.15) is 28.2 Å². The van der Waals surface area contributed by atoms with E-state index in [-0.39, 0.29) is 5.92 Å². The first kappa shape index (κ1) is 13.0. The fourth-order valence-corrected chi connectivity index (χ4v) is 3.13. The molecule has 22 heavy (non-hydrogen) atoms. The van der Waals surface area contributed by atoms with Crippen LogP contribution in [0.2, 0.25) is 0 Å². The van der Waals surface area contributed by atoms with Crippen LogP contribution in [-0.2, 0) is 0 Å². The van der Waals surface area contributed by atoms with Crippen LogP contribution in [0.15, 0.2) is 66.7 Å². The van der Waals surface area contributed by atoms with Gasteiger partial charge in [0.05, 0.1) is 0 Å². The van der Waals surface area contributed by atoms with E-state index in [0.29, 0.717) is 5.75 Å². The minimum atomic E-state index is 0.125. The summed E-state index contributed by atoms with van der Waals surface area (Å²) in [6.45, 7) is 1.93. The molecule has 0 atom stereocenters. The molecule has 1 heterocycles. The van der Waals surface area contributed by atoms with Gasteiger partial charge in [-0.15, -0.1) is 0 Å². The molecule has 0 aromatic heterocycles. The molecule has 0 bridgehead atoms. The molecule has 3 aromatic rings. The smallest absolute Gasteiger partial charge is 0.131 e. The number of hydrogen-bond acceptors (Lipinski definition) is 2. The van der Waals surface area contributed by atoms with E-state index in [0.717, 1.165) is 28.2 Å². The van der Waals surface area contributed by atoms with Gasteiger partial charge in [0.2, 0.25) is 0 Å². The van der Waals surface area contributed by atoms with Gasteiger partial charge in [0.25, 0.3) is 0 Å². The summed E-state index contributed by atoms with van der Waals surface area (Å²) in [6.07, 6.45) is 0. The maximum absolute atomic E-state index is 9.81. The molecule has 2 heteroatoms. The lowest BCUT2D eigenvalue weighted by atomic mass is 9.82. The molecule has 0 amide bonds. The highest BCUT2D eigenvalue weighted by Gasteiger charge is 2.28. The van der Waals surface area contributed by atoms with Gasteiger partial charge < -0.3 is 9.84 Å². The summed E-state index contributed by atoms with van der Waals surface area (Å²) in [5, 5.41) is 9.81. The Morgan fingerprint density at radius 3 is 2.00 bits per heavy atom. The van der Waals surface area contributed by atoms with Crippen LogP contribution in [0.25, 0.3) is 0 Å². The molecule has 0 fully saturated rings. The van der Waals surface area contributed by atoms with Crippen LogP contribution < -0.4 is 4.74 Å². The Hall–Kier alpha value is -2.74. The van der Waals surface area contributed by atoms with Crippen LogP contribution in [0.5, 0.6) is 17.2 Å². The quantitative estimate of drug-likeness (QED) is 0.535. The molecule has 0 aliphatic carbocycles. The number of phenolic OH excluding ortho intramolecular Hbond substituents is 1. The van der Waals surface area contributed by atoms with Gasteiger partial charge in [0.15, 0.2) is 0 Å². The molecule has 0 unspecified atom stereocenters. The topological polar surface area (TPSA) is 29.5 Å². The van der Waals surface area contributed by atoms with E-state index in [1.165, 1.54) is 5.56 Å². The third-order valence-corrected chi connectivity index (χ3v) is 4.23. The van der Waals surface area contributed by atoms with Gasteiger partial charge in [0.1, 0.15) is 17.2 Å². The summed E-state index contributed by atoms with van der Waals surface area (Å²) in [5.41, 5.74) is 4.37. The van der Waals surface area contributed by atoms with E-state index in [4.69, 9.17) is 4.74 Å². The predicted octanol–water partition coefficient (Wildman–Crippen LogP) is 4.99. The molecule has 1 aliphatic heterocycles. The zero-order valence-corrected chi connectivity index (χ0v) is 12.3. The van der Waals surface area contributed by atoms with Crippen molar-refractivity contribution in [3.8, 4) is 17.2 Å². The van der Waals surface area contributed by atoms with Crippen LogP contribution in [-0.4, -0.2) is 5.11 Å². The molecule has 0 saturated heterocycles. The Labute approximate surface area is 129 Å². The first-order chi connectivity index (χ1) is 10.7. The third kappa shape index (κ3) is 1.96. The van der Waals surface area contributed by atoms with Crippen molar-refractivity contribution in [2.24, 2.45) is 0 Å². The van der Waals surface area contributed by atoms with Gasteiger partial charge in [-0.3, -0.25) is 0 Å².